The summed E-state index contributed by atoms with van der Waals surface area (Å²) >= 11 is 1.66. The van der Waals surface area contributed by atoms with E-state index < -0.39 is 6.04 Å². The lowest BCUT2D eigenvalue weighted by Gasteiger charge is -2.21. The van der Waals surface area contributed by atoms with Gasteiger partial charge in [0.05, 0.1) is 6.04 Å². The van der Waals surface area contributed by atoms with Gasteiger partial charge >= 0.3 is 0 Å². The van der Waals surface area contributed by atoms with E-state index in [1.165, 1.54) is 0 Å². The molecule has 2 amide bonds. The van der Waals surface area contributed by atoms with Crippen molar-refractivity contribution < 1.29 is 9.59 Å². The van der Waals surface area contributed by atoms with Gasteiger partial charge in [0.2, 0.25) is 5.91 Å². The molecule has 0 aliphatic rings. The molecule has 0 saturated carbocycles. The largest absolute Gasteiger partial charge is 0.348 e. The fourth-order valence-corrected chi connectivity index (χ4v) is 3.14. The summed E-state index contributed by atoms with van der Waals surface area (Å²) < 4.78 is 0. The van der Waals surface area contributed by atoms with Crippen LogP contribution in [0.1, 0.15) is 40.9 Å². The molecule has 0 radical (unpaired) electrons. The van der Waals surface area contributed by atoms with Gasteiger partial charge in [0.25, 0.3) is 5.91 Å². The van der Waals surface area contributed by atoms with Crippen molar-refractivity contribution in [2.75, 3.05) is 12.0 Å². The number of carbonyl (C=O) groups excluding carboxylic acids is 2. The minimum Gasteiger partial charge on any atom is -0.348 e. The molecule has 2 N–H and O–H groups in total. The lowest BCUT2D eigenvalue weighted by atomic mass is 10.1. The molecule has 0 aromatic heterocycles. The minimum absolute atomic E-state index is 0.114. The Bertz CT molecular complexity index is 734. The zero-order valence-electron chi connectivity index (χ0n) is 15.5. The van der Waals surface area contributed by atoms with Crippen LogP contribution < -0.4 is 10.6 Å². The first-order valence-electron chi connectivity index (χ1n) is 8.73. The Morgan fingerprint density at radius 3 is 2.42 bits per heavy atom. The lowest BCUT2D eigenvalue weighted by Crippen LogP contribution is -2.47. The molecular weight excluding hydrogens is 344 g/mol. The first kappa shape index (κ1) is 20.0. The van der Waals surface area contributed by atoms with Crippen LogP contribution in [0, 0.1) is 6.92 Å². The number of hydrogen-bond donors (Lipinski definition) is 2. The third-order valence-electron chi connectivity index (χ3n) is 4.17. The van der Waals surface area contributed by atoms with Crippen molar-refractivity contribution >= 4 is 23.6 Å². The van der Waals surface area contributed by atoms with Gasteiger partial charge in [-0.15, -0.1) is 0 Å². The van der Waals surface area contributed by atoms with E-state index in [0.29, 0.717) is 12.0 Å². The highest BCUT2D eigenvalue weighted by atomic mass is 32.2. The van der Waals surface area contributed by atoms with Gasteiger partial charge in [0.1, 0.15) is 6.04 Å². The van der Waals surface area contributed by atoms with E-state index in [9.17, 15) is 9.59 Å². The zero-order valence-corrected chi connectivity index (χ0v) is 16.3. The predicted octanol–water partition coefficient (Wildman–Crippen LogP) is 3.72. The second-order valence-corrected chi connectivity index (χ2v) is 7.30. The molecule has 2 rings (SSSR count). The molecule has 0 aliphatic carbocycles. The highest BCUT2D eigenvalue weighted by Gasteiger charge is 2.22. The van der Waals surface area contributed by atoms with Crippen molar-refractivity contribution in [2.24, 2.45) is 0 Å². The molecule has 0 bridgehead atoms. The minimum atomic E-state index is -0.554. The van der Waals surface area contributed by atoms with Gasteiger partial charge in [-0.05, 0) is 50.0 Å². The van der Waals surface area contributed by atoms with Crippen LogP contribution in [0.2, 0.25) is 0 Å². The number of hydrogen-bond acceptors (Lipinski definition) is 3. The summed E-state index contributed by atoms with van der Waals surface area (Å²) in [5.41, 5.74) is 2.62. The van der Waals surface area contributed by atoms with Crippen molar-refractivity contribution in [3.8, 4) is 0 Å². The summed E-state index contributed by atoms with van der Waals surface area (Å²) in [5.74, 6) is 0.421. The maximum atomic E-state index is 12.7. The summed E-state index contributed by atoms with van der Waals surface area (Å²) in [6.45, 7) is 3.89. The molecule has 0 fully saturated rings. The van der Waals surface area contributed by atoms with Crippen LogP contribution in [0.4, 0.5) is 0 Å². The molecule has 2 aromatic carbocycles. The first-order valence-corrected chi connectivity index (χ1v) is 10.1. The van der Waals surface area contributed by atoms with Crippen molar-refractivity contribution in [3.63, 3.8) is 0 Å². The highest BCUT2D eigenvalue weighted by molar-refractivity contribution is 7.98. The van der Waals surface area contributed by atoms with Crippen LogP contribution in [-0.2, 0) is 4.79 Å². The Kier molecular flexibility index (Phi) is 7.73. The van der Waals surface area contributed by atoms with Crippen molar-refractivity contribution in [1.82, 2.24) is 10.6 Å². The number of rotatable bonds is 8. The predicted molar refractivity (Wildman–Crippen MR) is 108 cm³/mol. The fourth-order valence-electron chi connectivity index (χ4n) is 2.67. The maximum Gasteiger partial charge on any atom is 0.251 e. The average Bonchev–Trinajstić information content (AvgIpc) is 2.65. The third kappa shape index (κ3) is 5.92. The molecule has 5 heteroatoms. The SMILES string of the molecule is CSCC[C@H](NC(=O)c1cccc(C)c1)C(=O)N[C@H](C)c1ccccc1. The average molecular weight is 371 g/mol. The number of nitrogens with one attached hydrogen (secondary N) is 2. The smallest absolute Gasteiger partial charge is 0.251 e. The quantitative estimate of drug-likeness (QED) is 0.744. The van der Waals surface area contributed by atoms with Gasteiger partial charge in [0, 0.05) is 5.56 Å². The van der Waals surface area contributed by atoms with E-state index in [0.717, 1.165) is 16.9 Å². The Morgan fingerprint density at radius 1 is 1.04 bits per heavy atom. The number of benzene rings is 2. The standard InChI is InChI=1S/C21H26N2O2S/c1-15-8-7-11-18(14-15)20(24)23-19(12-13-26-3)21(25)22-16(2)17-9-5-4-6-10-17/h4-11,14,16,19H,12-13H2,1-3H3,(H,22,25)(H,23,24)/t16-,19+/m1/s1. The maximum absolute atomic E-state index is 12.7. The molecule has 138 valence electrons. The lowest BCUT2D eigenvalue weighted by molar-refractivity contribution is -0.123. The van der Waals surface area contributed by atoms with Crippen LogP contribution in [0.3, 0.4) is 0 Å². The Labute approximate surface area is 159 Å². The molecule has 26 heavy (non-hydrogen) atoms. The van der Waals surface area contributed by atoms with Gasteiger partial charge in [-0.2, -0.15) is 11.8 Å². The summed E-state index contributed by atoms with van der Waals surface area (Å²) in [5, 5.41) is 5.90. The van der Waals surface area contributed by atoms with E-state index in [2.05, 4.69) is 10.6 Å². The van der Waals surface area contributed by atoms with Crippen LogP contribution >= 0.6 is 11.8 Å². The summed E-state index contributed by atoms with van der Waals surface area (Å²) in [6, 6.07) is 16.5. The summed E-state index contributed by atoms with van der Waals surface area (Å²) in [7, 11) is 0. The van der Waals surface area contributed by atoms with Gasteiger partial charge in [-0.3, -0.25) is 9.59 Å². The topological polar surface area (TPSA) is 58.2 Å². The number of thioether (sulfide) groups is 1. The van der Waals surface area contributed by atoms with Crippen LogP contribution in [0.25, 0.3) is 0 Å². The van der Waals surface area contributed by atoms with Crippen molar-refractivity contribution in [3.05, 3.63) is 71.3 Å². The molecular formula is C21H26N2O2S. The monoisotopic (exact) mass is 370 g/mol. The van der Waals surface area contributed by atoms with E-state index in [1.807, 2.05) is 68.6 Å². The van der Waals surface area contributed by atoms with Gasteiger partial charge in [-0.1, -0.05) is 48.0 Å². The van der Waals surface area contributed by atoms with Crippen LogP contribution in [0.5, 0.6) is 0 Å². The molecule has 0 heterocycles. The number of aryl methyl sites for hydroxylation is 1. The van der Waals surface area contributed by atoms with Gasteiger partial charge in [-0.25, -0.2) is 0 Å². The van der Waals surface area contributed by atoms with Gasteiger partial charge < -0.3 is 10.6 Å². The zero-order chi connectivity index (χ0) is 18.9. The summed E-state index contributed by atoms with van der Waals surface area (Å²) in [4.78, 5) is 25.3. The van der Waals surface area contributed by atoms with Gasteiger partial charge in [0.15, 0.2) is 0 Å². The first-order chi connectivity index (χ1) is 12.5. The van der Waals surface area contributed by atoms with Crippen LogP contribution in [-0.4, -0.2) is 29.9 Å². The normalized spacial score (nSPS) is 12.9. The molecule has 0 unspecified atom stereocenters. The second-order valence-electron chi connectivity index (χ2n) is 6.32. The van der Waals surface area contributed by atoms with E-state index >= 15 is 0 Å². The molecule has 2 aromatic rings. The molecule has 4 nitrogen and oxygen atoms in total. The Morgan fingerprint density at radius 2 is 1.77 bits per heavy atom. The highest BCUT2D eigenvalue weighted by Crippen LogP contribution is 2.12. The van der Waals surface area contributed by atoms with Crippen molar-refractivity contribution in [1.29, 1.82) is 0 Å². The van der Waals surface area contributed by atoms with E-state index in [4.69, 9.17) is 0 Å². The Balaban J connectivity index is 2.05. The number of carbonyl (C=O) groups is 2. The van der Waals surface area contributed by atoms with E-state index in [-0.39, 0.29) is 17.9 Å². The third-order valence-corrected chi connectivity index (χ3v) is 4.82. The second kappa shape index (κ2) is 10.0. The molecule has 0 saturated heterocycles. The molecule has 0 aliphatic heterocycles. The fraction of sp³-hybridized carbons (Fsp3) is 0.333. The number of amides is 2. The van der Waals surface area contributed by atoms with E-state index in [1.54, 1.807) is 17.8 Å². The van der Waals surface area contributed by atoms with Crippen molar-refractivity contribution in [2.45, 2.75) is 32.4 Å². The Hall–Kier alpha value is -2.27. The van der Waals surface area contributed by atoms with Crippen LogP contribution in [0.15, 0.2) is 54.6 Å². The molecule has 0 spiro atoms. The summed E-state index contributed by atoms with van der Waals surface area (Å²) in [6.07, 6.45) is 2.58. The molecule has 2 atom stereocenters.